The molecule has 40 heavy (non-hydrogen) atoms. The number of fused-ring (bicyclic) bond motifs is 6. The van der Waals surface area contributed by atoms with Crippen LogP contribution in [0.5, 0.6) is 0 Å². The van der Waals surface area contributed by atoms with Crippen LogP contribution < -0.4 is 0 Å². The Morgan fingerprint density at radius 1 is 1.20 bits per heavy atom. The van der Waals surface area contributed by atoms with E-state index >= 15 is 0 Å². The van der Waals surface area contributed by atoms with Crippen molar-refractivity contribution in [2.45, 2.75) is 85.0 Å². The lowest BCUT2D eigenvalue weighted by Gasteiger charge is -2.66. The molecule has 1 saturated heterocycles. The molecule has 218 valence electrons. The second-order valence-corrected chi connectivity index (χ2v) is 13.3. The summed E-state index contributed by atoms with van der Waals surface area (Å²) >= 11 is 0. The van der Waals surface area contributed by atoms with Crippen LogP contribution in [0.1, 0.15) is 78.9 Å². The Labute approximate surface area is 236 Å². The van der Waals surface area contributed by atoms with E-state index in [0.29, 0.717) is 12.8 Å². The largest absolute Gasteiger partial charge is 0.472 e. The molecule has 8 nitrogen and oxygen atoms in total. The van der Waals surface area contributed by atoms with Gasteiger partial charge in [-0.25, -0.2) is 0 Å². The Balaban J connectivity index is 1.69. The lowest BCUT2D eigenvalue weighted by atomic mass is 9.39. The van der Waals surface area contributed by atoms with Gasteiger partial charge >= 0.3 is 11.9 Å². The minimum atomic E-state index is -1.92. The maximum Gasteiger partial charge on any atom is 0.307 e. The number of cyclic esters (lactones) is 1. The van der Waals surface area contributed by atoms with E-state index in [2.05, 4.69) is 6.92 Å². The van der Waals surface area contributed by atoms with Crippen molar-refractivity contribution in [2.75, 3.05) is 13.7 Å². The molecule has 2 unspecified atom stereocenters. The molecule has 2 bridgehead atoms. The molecular formula is C32H42O8. The number of esters is 2. The van der Waals surface area contributed by atoms with Gasteiger partial charge in [0.15, 0.2) is 11.4 Å². The van der Waals surface area contributed by atoms with Gasteiger partial charge in [-0.2, -0.15) is 0 Å². The summed E-state index contributed by atoms with van der Waals surface area (Å²) in [6.07, 6.45) is 6.96. The zero-order chi connectivity index (χ0) is 29.3. The SMILES string of the molecule is C/C=C(/C)CO[C@H]1C(C)(C)[C@H](CC(=O)OC)[C@@]2(C)C(=O)[C@]1(O)C=C1C2CC[C@]2(C)C1CC(=O)O[C@H]2c1ccoc1. The Morgan fingerprint density at radius 3 is 2.55 bits per heavy atom. The second kappa shape index (κ2) is 9.69. The van der Waals surface area contributed by atoms with E-state index in [9.17, 15) is 19.5 Å². The highest BCUT2D eigenvalue weighted by Crippen LogP contribution is 2.68. The highest BCUT2D eigenvalue weighted by Gasteiger charge is 2.73. The number of carbonyl (C=O) groups excluding carboxylic acids is 3. The lowest BCUT2D eigenvalue weighted by molar-refractivity contribution is -0.224. The van der Waals surface area contributed by atoms with Crippen molar-refractivity contribution >= 4 is 17.7 Å². The molecule has 0 spiro atoms. The fraction of sp³-hybridized carbons (Fsp3) is 0.656. The molecule has 4 aliphatic rings. The van der Waals surface area contributed by atoms with Crippen molar-refractivity contribution in [1.82, 2.24) is 0 Å². The summed E-state index contributed by atoms with van der Waals surface area (Å²) in [6.45, 7) is 12.1. The smallest absolute Gasteiger partial charge is 0.307 e. The Kier molecular flexibility index (Phi) is 6.98. The van der Waals surface area contributed by atoms with Gasteiger partial charge in [-0.05, 0) is 62.0 Å². The number of aliphatic hydroxyl groups is 1. The van der Waals surface area contributed by atoms with Gasteiger partial charge in [0.1, 0.15) is 12.2 Å². The molecule has 3 fully saturated rings. The first-order chi connectivity index (χ1) is 18.7. The zero-order valence-electron chi connectivity index (χ0n) is 24.6. The first-order valence-corrected chi connectivity index (χ1v) is 14.3. The molecule has 1 aromatic rings. The summed E-state index contributed by atoms with van der Waals surface area (Å²) in [5.41, 5.74) is -1.56. The Morgan fingerprint density at radius 2 is 1.93 bits per heavy atom. The monoisotopic (exact) mass is 554 g/mol. The topological polar surface area (TPSA) is 112 Å². The van der Waals surface area contributed by atoms with Gasteiger partial charge in [0.25, 0.3) is 0 Å². The van der Waals surface area contributed by atoms with Gasteiger partial charge < -0.3 is 23.7 Å². The van der Waals surface area contributed by atoms with Crippen LogP contribution in [-0.2, 0) is 28.6 Å². The predicted octanol–water partition coefficient (Wildman–Crippen LogP) is 5.12. The fourth-order valence-corrected chi connectivity index (χ4v) is 8.68. The summed E-state index contributed by atoms with van der Waals surface area (Å²) in [4.78, 5) is 40.3. The molecule has 5 rings (SSSR count). The molecule has 2 saturated carbocycles. The number of furan rings is 1. The molecule has 0 amide bonds. The van der Waals surface area contributed by atoms with Crippen LogP contribution in [0.2, 0.25) is 0 Å². The molecule has 8 atom stereocenters. The lowest BCUT2D eigenvalue weighted by Crippen LogP contribution is -2.74. The average Bonchev–Trinajstić information content (AvgIpc) is 3.44. The van der Waals surface area contributed by atoms with Gasteiger partial charge in [0, 0.05) is 22.8 Å². The summed E-state index contributed by atoms with van der Waals surface area (Å²) in [5.74, 6) is -2.02. The number of allylic oxidation sites excluding steroid dienone is 2. The molecule has 0 aromatic carbocycles. The number of methoxy groups -OCH3 is 1. The number of hydrogen-bond donors (Lipinski definition) is 1. The van der Waals surface area contributed by atoms with Crippen LogP contribution in [0.15, 0.2) is 46.3 Å². The number of Topliss-reactive ketones (excluding diaryl/α,β-unsaturated/α-hetero) is 1. The molecule has 2 heterocycles. The maximum absolute atomic E-state index is 14.5. The van der Waals surface area contributed by atoms with Gasteiger partial charge in [-0.3, -0.25) is 14.4 Å². The number of hydrogen-bond acceptors (Lipinski definition) is 8. The summed E-state index contributed by atoms with van der Waals surface area (Å²) in [5, 5.41) is 12.4. The molecule has 8 heteroatoms. The normalized spacial score (nSPS) is 40.5. The number of rotatable bonds is 6. The van der Waals surface area contributed by atoms with Crippen LogP contribution in [0, 0.1) is 34.0 Å². The van der Waals surface area contributed by atoms with E-state index in [0.717, 1.165) is 16.7 Å². The van der Waals surface area contributed by atoms with Crippen LogP contribution >= 0.6 is 0 Å². The maximum atomic E-state index is 14.5. The zero-order valence-corrected chi connectivity index (χ0v) is 24.6. The summed E-state index contributed by atoms with van der Waals surface area (Å²) in [6, 6.07) is 1.82. The second-order valence-electron chi connectivity index (χ2n) is 13.3. The Hall–Kier alpha value is -2.71. The van der Waals surface area contributed by atoms with Gasteiger partial charge in [-0.15, -0.1) is 0 Å². The molecule has 1 aromatic heterocycles. The number of ketones is 1. The Bertz CT molecular complexity index is 1260. The van der Waals surface area contributed by atoms with Crippen LogP contribution in [0.4, 0.5) is 0 Å². The summed E-state index contributed by atoms with van der Waals surface area (Å²) in [7, 11) is 1.35. The molecule has 0 radical (unpaired) electrons. The van der Waals surface area contributed by atoms with Crippen molar-refractivity contribution in [3.05, 3.63) is 47.5 Å². The van der Waals surface area contributed by atoms with Gasteiger partial charge in [0.2, 0.25) is 0 Å². The third-order valence-corrected chi connectivity index (χ3v) is 10.9. The molecule has 3 aliphatic carbocycles. The van der Waals surface area contributed by atoms with E-state index in [4.69, 9.17) is 18.6 Å². The number of carbonyl (C=O) groups is 3. The van der Waals surface area contributed by atoms with Crippen LogP contribution in [0.25, 0.3) is 0 Å². The van der Waals surface area contributed by atoms with Crippen molar-refractivity contribution in [1.29, 1.82) is 0 Å². The average molecular weight is 555 g/mol. The van der Waals surface area contributed by atoms with E-state index in [1.807, 2.05) is 46.8 Å². The minimum absolute atomic E-state index is 0.0235. The number of ether oxygens (including phenoxy) is 3. The van der Waals surface area contributed by atoms with E-state index < -0.39 is 45.9 Å². The fourth-order valence-electron chi connectivity index (χ4n) is 8.68. The van der Waals surface area contributed by atoms with Crippen molar-refractivity contribution in [2.24, 2.45) is 34.0 Å². The van der Waals surface area contributed by atoms with E-state index in [1.54, 1.807) is 18.6 Å². The molecule has 1 N–H and O–H groups in total. The molecule has 1 aliphatic heterocycles. The van der Waals surface area contributed by atoms with Crippen molar-refractivity contribution < 1.29 is 38.1 Å². The van der Waals surface area contributed by atoms with Crippen LogP contribution in [-0.4, -0.2) is 48.3 Å². The molecular weight excluding hydrogens is 512 g/mol. The standard InChI is InChI=1S/C32H42O8/c1-8-18(2)16-39-28-29(3,4)23(14-24(33)37-7)31(6)21-9-11-30(5)22(20(21)15-32(28,36)27(31)35)13-25(34)40-26(30)19-10-12-38-17-19/h8,10,12,15,17,21-23,26,28,36H,9,11,13-14,16H2,1-7H3/b18-8-/t21?,22?,23-,26-,28-,30+,31-,32+/m0/s1. The third kappa shape index (κ3) is 3.97. The first-order valence-electron chi connectivity index (χ1n) is 14.3. The predicted molar refractivity (Wildman–Crippen MR) is 146 cm³/mol. The van der Waals surface area contributed by atoms with Crippen molar-refractivity contribution in [3.63, 3.8) is 0 Å². The van der Waals surface area contributed by atoms with E-state index in [1.165, 1.54) is 7.11 Å². The van der Waals surface area contributed by atoms with Gasteiger partial charge in [-0.1, -0.05) is 44.9 Å². The third-order valence-electron chi connectivity index (χ3n) is 10.9. The minimum Gasteiger partial charge on any atom is -0.472 e. The van der Waals surface area contributed by atoms with E-state index in [-0.39, 0.29) is 43.0 Å². The summed E-state index contributed by atoms with van der Waals surface area (Å²) < 4.78 is 22.8. The highest BCUT2D eigenvalue weighted by molar-refractivity contribution is 5.99. The van der Waals surface area contributed by atoms with Crippen LogP contribution in [0.3, 0.4) is 0 Å². The van der Waals surface area contributed by atoms with Gasteiger partial charge in [0.05, 0.1) is 32.7 Å². The highest BCUT2D eigenvalue weighted by atomic mass is 16.5. The van der Waals surface area contributed by atoms with Crippen molar-refractivity contribution in [3.8, 4) is 0 Å². The first kappa shape index (κ1) is 28.8. The quantitative estimate of drug-likeness (QED) is 0.381.